The molecule has 2 aromatic rings. The third kappa shape index (κ3) is 1.91. The molecule has 0 aliphatic heterocycles. The summed E-state index contributed by atoms with van der Waals surface area (Å²) in [6, 6.07) is 5.93. The second kappa shape index (κ2) is 4.22. The zero-order valence-electron chi connectivity index (χ0n) is 10.4. The second-order valence-electron chi connectivity index (χ2n) is 4.33. The van der Waals surface area contributed by atoms with Crippen LogP contribution in [0.25, 0.3) is 5.69 Å². The minimum atomic E-state index is -0.0618. The van der Waals surface area contributed by atoms with Crippen molar-refractivity contribution in [2.24, 2.45) is 5.73 Å². The normalized spacial score (nSPS) is 10.8. The van der Waals surface area contributed by atoms with E-state index in [0.717, 1.165) is 16.9 Å². The Balaban J connectivity index is 2.61. The van der Waals surface area contributed by atoms with Gasteiger partial charge in [0.2, 0.25) is 0 Å². The smallest absolute Gasteiger partial charge is 0.275 e. The Morgan fingerprint density at radius 3 is 2.47 bits per heavy atom. The molecular weight excluding hydrogens is 214 g/mol. The van der Waals surface area contributed by atoms with Crippen LogP contribution in [0.3, 0.4) is 0 Å². The number of hydrogen-bond donors (Lipinski definition) is 2. The molecule has 2 rings (SSSR count). The van der Waals surface area contributed by atoms with Crippen molar-refractivity contribution < 1.29 is 0 Å². The lowest BCUT2D eigenvalue weighted by Crippen LogP contribution is -2.19. The van der Waals surface area contributed by atoms with Crippen LogP contribution in [0, 0.1) is 20.8 Å². The summed E-state index contributed by atoms with van der Waals surface area (Å²) in [4.78, 5) is 12.1. The fraction of sp³-hybridized carbons (Fsp3) is 0.308. The number of nitrogens with one attached hydrogen (secondary N) is 1. The third-order valence-electron chi connectivity index (χ3n) is 3.15. The summed E-state index contributed by atoms with van der Waals surface area (Å²) in [5.41, 5.74) is 10.2. The number of aryl methyl sites for hydroxylation is 3. The molecule has 0 radical (unpaired) electrons. The van der Waals surface area contributed by atoms with Gasteiger partial charge in [0, 0.05) is 12.2 Å². The summed E-state index contributed by atoms with van der Waals surface area (Å²) in [6.45, 7) is 6.21. The molecule has 90 valence electrons. The summed E-state index contributed by atoms with van der Waals surface area (Å²) in [6.07, 6.45) is 0. The molecule has 3 N–H and O–H groups in total. The molecule has 0 fully saturated rings. The zero-order valence-corrected chi connectivity index (χ0v) is 10.4. The molecule has 0 amide bonds. The van der Waals surface area contributed by atoms with Gasteiger partial charge in [-0.3, -0.25) is 9.89 Å². The number of benzene rings is 1. The Kier molecular flexibility index (Phi) is 2.90. The lowest BCUT2D eigenvalue weighted by Gasteiger charge is -2.05. The van der Waals surface area contributed by atoms with Crippen LogP contribution in [0.1, 0.15) is 22.4 Å². The molecular formula is C13H17N3O. The van der Waals surface area contributed by atoms with E-state index in [4.69, 9.17) is 5.73 Å². The Labute approximate surface area is 100 Å². The van der Waals surface area contributed by atoms with E-state index in [1.807, 2.05) is 39.0 Å². The number of rotatable bonds is 2. The summed E-state index contributed by atoms with van der Waals surface area (Å²) in [5, 5.41) is 3.05. The average molecular weight is 231 g/mol. The fourth-order valence-corrected chi connectivity index (χ4v) is 1.87. The number of hydrogen-bond acceptors (Lipinski definition) is 2. The van der Waals surface area contributed by atoms with Crippen molar-refractivity contribution in [3.8, 4) is 5.69 Å². The first-order chi connectivity index (χ1) is 8.04. The van der Waals surface area contributed by atoms with E-state index in [-0.39, 0.29) is 12.1 Å². The number of aromatic nitrogens is 2. The van der Waals surface area contributed by atoms with Crippen LogP contribution in [0.4, 0.5) is 0 Å². The molecule has 4 nitrogen and oxygen atoms in total. The van der Waals surface area contributed by atoms with Crippen LogP contribution in [-0.2, 0) is 6.54 Å². The average Bonchev–Trinajstić information content (AvgIpc) is 2.58. The van der Waals surface area contributed by atoms with Crippen molar-refractivity contribution in [2.45, 2.75) is 27.3 Å². The highest BCUT2D eigenvalue weighted by molar-refractivity contribution is 5.39. The van der Waals surface area contributed by atoms with Gasteiger partial charge >= 0.3 is 0 Å². The summed E-state index contributed by atoms with van der Waals surface area (Å²) >= 11 is 0. The van der Waals surface area contributed by atoms with Crippen molar-refractivity contribution in [1.29, 1.82) is 0 Å². The Hall–Kier alpha value is -1.81. The predicted octanol–water partition coefficient (Wildman–Crippen LogP) is 1.55. The van der Waals surface area contributed by atoms with Crippen LogP contribution in [0.2, 0.25) is 0 Å². The van der Waals surface area contributed by atoms with Crippen molar-refractivity contribution in [3.05, 3.63) is 50.9 Å². The van der Waals surface area contributed by atoms with Gasteiger partial charge in [0.15, 0.2) is 0 Å². The predicted molar refractivity (Wildman–Crippen MR) is 68.5 cm³/mol. The lowest BCUT2D eigenvalue weighted by atomic mass is 10.1. The Bertz CT molecular complexity index is 608. The molecule has 4 heteroatoms. The highest BCUT2D eigenvalue weighted by atomic mass is 16.1. The lowest BCUT2D eigenvalue weighted by molar-refractivity contribution is 0.832. The van der Waals surface area contributed by atoms with Crippen LogP contribution in [0.15, 0.2) is 23.0 Å². The summed E-state index contributed by atoms with van der Waals surface area (Å²) in [7, 11) is 0. The van der Waals surface area contributed by atoms with Gasteiger partial charge in [-0.05, 0) is 44.0 Å². The largest absolute Gasteiger partial charge is 0.326 e. The van der Waals surface area contributed by atoms with Crippen molar-refractivity contribution >= 4 is 0 Å². The number of H-pyrrole nitrogens is 1. The van der Waals surface area contributed by atoms with E-state index in [1.54, 1.807) is 4.68 Å². The van der Waals surface area contributed by atoms with Gasteiger partial charge in [-0.25, -0.2) is 4.68 Å². The quantitative estimate of drug-likeness (QED) is 0.823. The molecule has 0 saturated heterocycles. The van der Waals surface area contributed by atoms with E-state index in [9.17, 15) is 4.79 Å². The van der Waals surface area contributed by atoms with Crippen LogP contribution in [-0.4, -0.2) is 9.78 Å². The number of nitrogens with zero attached hydrogens (tertiary/aromatic N) is 1. The topological polar surface area (TPSA) is 63.8 Å². The minimum Gasteiger partial charge on any atom is -0.326 e. The monoisotopic (exact) mass is 231 g/mol. The maximum atomic E-state index is 12.1. The molecule has 17 heavy (non-hydrogen) atoms. The molecule has 1 aromatic carbocycles. The first-order valence-electron chi connectivity index (χ1n) is 5.62. The molecule has 0 bridgehead atoms. The maximum absolute atomic E-state index is 12.1. The van der Waals surface area contributed by atoms with Gasteiger partial charge in [-0.2, -0.15) is 0 Å². The fourth-order valence-electron chi connectivity index (χ4n) is 1.87. The third-order valence-corrected chi connectivity index (χ3v) is 3.15. The standard InChI is InChI=1S/C13H17N3O/c1-8-4-5-11(6-9(8)2)16-13(17)12(7-14)10(3)15-16/h4-6,15H,7,14H2,1-3H3. The van der Waals surface area contributed by atoms with Gasteiger partial charge in [-0.15, -0.1) is 0 Å². The second-order valence-corrected chi connectivity index (χ2v) is 4.33. The van der Waals surface area contributed by atoms with E-state index in [0.29, 0.717) is 5.56 Å². The van der Waals surface area contributed by atoms with Crippen molar-refractivity contribution in [1.82, 2.24) is 9.78 Å². The summed E-state index contributed by atoms with van der Waals surface area (Å²) in [5.74, 6) is 0. The highest BCUT2D eigenvalue weighted by Crippen LogP contribution is 2.13. The molecule has 0 aliphatic rings. The van der Waals surface area contributed by atoms with Crippen LogP contribution in [0.5, 0.6) is 0 Å². The van der Waals surface area contributed by atoms with Crippen LogP contribution < -0.4 is 11.3 Å². The zero-order chi connectivity index (χ0) is 12.6. The number of aromatic amines is 1. The molecule has 1 aromatic heterocycles. The molecule has 0 atom stereocenters. The number of nitrogens with two attached hydrogens (primary N) is 1. The van der Waals surface area contributed by atoms with Gasteiger partial charge in [0.05, 0.1) is 11.3 Å². The van der Waals surface area contributed by atoms with Crippen molar-refractivity contribution in [3.63, 3.8) is 0 Å². The van der Waals surface area contributed by atoms with E-state index < -0.39 is 0 Å². The molecule has 0 spiro atoms. The van der Waals surface area contributed by atoms with Gasteiger partial charge in [-0.1, -0.05) is 6.07 Å². The van der Waals surface area contributed by atoms with Gasteiger partial charge < -0.3 is 5.73 Å². The van der Waals surface area contributed by atoms with E-state index >= 15 is 0 Å². The molecule has 0 unspecified atom stereocenters. The first kappa shape index (κ1) is 11.7. The first-order valence-corrected chi connectivity index (χ1v) is 5.62. The van der Waals surface area contributed by atoms with Gasteiger partial charge in [0.25, 0.3) is 5.56 Å². The Morgan fingerprint density at radius 1 is 1.24 bits per heavy atom. The van der Waals surface area contributed by atoms with Gasteiger partial charge in [0.1, 0.15) is 0 Å². The maximum Gasteiger partial charge on any atom is 0.275 e. The van der Waals surface area contributed by atoms with E-state index in [1.165, 1.54) is 5.56 Å². The molecule has 0 saturated carbocycles. The molecule has 1 heterocycles. The summed E-state index contributed by atoms with van der Waals surface area (Å²) < 4.78 is 1.55. The van der Waals surface area contributed by atoms with Crippen molar-refractivity contribution in [2.75, 3.05) is 0 Å². The highest BCUT2D eigenvalue weighted by Gasteiger charge is 2.10. The Morgan fingerprint density at radius 2 is 1.94 bits per heavy atom. The minimum absolute atomic E-state index is 0.0618. The molecule has 0 aliphatic carbocycles. The SMILES string of the molecule is Cc1ccc(-n2[nH]c(C)c(CN)c2=O)cc1C. The van der Waals surface area contributed by atoms with E-state index in [2.05, 4.69) is 5.10 Å². The van der Waals surface area contributed by atoms with Crippen LogP contribution >= 0.6 is 0 Å².